The van der Waals surface area contributed by atoms with Crippen LogP contribution in [0.4, 0.5) is 5.95 Å². The molecule has 2 heterocycles. The maximum Gasteiger partial charge on any atom is 0.265 e. The molecule has 1 aromatic heterocycles. The summed E-state index contributed by atoms with van der Waals surface area (Å²) in [5.41, 5.74) is -0.0857. The molecular formula is C18H26N4O3. The van der Waals surface area contributed by atoms with Crippen molar-refractivity contribution < 1.29 is 14.4 Å². The van der Waals surface area contributed by atoms with Crippen LogP contribution in [0.15, 0.2) is 28.8 Å². The SMILES string of the molecule is COc1ccc(C(C)(O)C2CCCN2Cc2nc(N(C)C)no2)cc1. The molecule has 1 N–H and O–H groups in total. The van der Waals surface area contributed by atoms with Crippen LogP contribution in [-0.4, -0.2) is 53.9 Å². The summed E-state index contributed by atoms with van der Waals surface area (Å²) in [5, 5.41) is 15.2. The third-order valence-corrected chi connectivity index (χ3v) is 4.88. The number of benzene rings is 1. The lowest BCUT2D eigenvalue weighted by molar-refractivity contribution is -0.0278. The summed E-state index contributed by atoms with van der Waals surface area (Å²) >= 11 is 0. The van der Waals surface area contributed by atoms with E-state index in [2.05, 4.69) is 15.0 Å². The van der Waals surface area contributed by atoms with Gasteiger partial charge in [0.05, 0.1) is 13.7 Å². The number of methoxy groups -OCH3 is 1. The summed E-state index contributed by atoms with van der Waals surface area (Å²) in [6, 6.07) is 7.60. The molecule has 136 valence electrons. The van der Waals surface area contributed by atoms with Crippen LogP contribution in [0.2, 0.25) is 0 Å². The van der Waals surface area contributed by atoms with Crippen LogP contribution >= 0.6 is 0 Å². The summed E-state index contributed by atoms with van der Waals surface area (Å²) in [5.74, 6) is 1.92. The van der Waals surface area contributed by atoms with Gasteiger partial charge in [0.25, 0.3) is 5.95 Å². The van der Waals surface area contributed by atoms with E-state index in [4.69, 9.17) is 9.26 Å². The molecule has 1 aliphatic rings. The Bertz CT molecular complexity index is 697. The lowest BCUT2D eigenvalue weighted by atomic mass is 9.86. The van der Waals surface area contributed by atoms with Crippen LogP contribution in [0.1, 0.15) is 31.2 Å². The van der Waals surface area contributed by atoms with Gasteiger partial charge in [-0.25, -0.2) is 0 Å². The van der Waals surface area contributed by atoms with Crippen molar-refractivity contribution >= 4 is 5.95 Å². The van der Waals surface area contributed by atoms with Crippen LogP contribution in [0.5, 0.6) is 5.75 Å². The van der Waals surface area contributed by atoms with Crippen molar-refractivity contribution in [2.45, 2.75) is 38.0 Å². The number of anilines is 1. The highest BCUT2D eigenvalue weighted by Crippen LogP contribution is 2.36. The first-order valence-corrected chi connectivity index (χ1v) is 8.52. The van der Waals surface area contributed by atoms with Gasteiger partial charge in [-0.15, -0.1) is 0 Å². The van der Waals surface area contributed by atoms with Crippen LogP contribution in [0, 0.1) is 0 Å². The van der Waals surface area contributed by atoms with E-state index in [0.29, 0.717) is 18.4 Å². The van der Waals surface area contributed by atoms with Crippen molar-refractivity contribution in [2.24, 2.45) is 0 Å². The fraction of sp³-hybridized carbons (Fsp3) is 0.556. The molecule has 2 aromatic rings. The number of aliphatic hydroxyl groups is 1. The van der Waals surface area contributed by atoms with E-state index in [1.165, 1.54) is 0 Å². The third-order valence-electron chi connectivity index (χ3n) is 4.88. The van der Waals surface area contributed by atoms with Gasteiger partial charge in [0.1, 0.15) is 11.4 Å². The predicted molar refractivity (Wildman–Crippen MR) is 94.6 cm³/mol. The second-order valence-corrected chi connectivity index (χ2v) is 6.89. The van der Waals surface area contributed by atoms with Crippen molar-refractivity contribution in [1.29, 1.82) is 0 Å². The van der Waals surface area contributed by atoms with Gasteiger partial charge >= 0.3 is 0 Å². The Morgan fingerprint density at radius 3 is 2.68 bits per heavy atom. The predicted octanol–water partition coefficient (Wildman–Crippen LogP) is 2.02. The molecule has 0 amide bonds. The molecule has 1 saturated heterocycles. The lowest BCUT2D eigenvalue weighted by Crippen LogP contribution is -2.45. The number of hydrogen-bond acceptors (Lipinski definition) is 7. The van der Waals surface area contributed by atoms with E-state index in [9.17, 15) is 5.11 Å². The van der Waals surface area contributed by atoms with Crippen molar-refractivity contribution in [1.82, 2.24) is 15.0 Å². The van der Waals surface area contributed by atoms with Gasteiger partial charge in [0.2, 0.25) is 5.89 Å². The molecule has 2 unspecified atom stereocenters. The minimum atomic E-state index is -0.965. The molecule has 7 heteroatoms. The Morgan fingerprint density at radius 1 is 1.36 bits per heavy atom. The second kappa shape index (κ2) is 7.01. The monoisotopic (exact) mass is 346 g/mol. The van der Waals surface area contributed by atoms with Gasteiger partial charge in [-0.05, 0) is 49.2 Å². The topological polar surface area (TPSA) is 74.9 Å². The Balaban J connectivity index is 1.76. The van der Waals surface area contributed by atoms with Crippen LogP contribution in [0.25, 0.3) is 0 Å². The van der Waals surface area contributed by atoms with Gasteiger partial charge in [-0.2, -0.15) is 4.98 Å². The summed E-state index contributed by atoms with van der Waals surface area (Å²) in [6.07, 6.45) is 1.96. The highest BCUT2D eigenvalue weighted by molar-refractivity contribution is 5.32. The molecule has 3 rings (SSSR count). The maximum absolute atomic E-state index is 11.2. The lowest BCUT2D eigenvalue weighted by Gasteiger charge is -2.36. The molecule has 0 aliphatic carbocycles. The first-order chi connectivity index (χ1) is 11.9. The molecule has 0 saturated carbocycles. The van der Waals surface area contributed by atoms with Gasteiger partial charge < -0.3 is 19.3 Å². The molecule has 1 aromatic carbocycles. The Labute approximate surface area is 148 Å². The molecule has 2 atom stereocenters. The second-order valence-electron chi connectivity index (χ2n) is 6.89. The Hall–Kier alpha value is -2.12. The summed E-state index contributed by atoms with van der Waals surface area (Å²) < 4.78 is 10.5. The van der Waals surface area contributed by atoms with E-state index < -0.39 is 5.60 Å². The average molecular weight is 346 g/mol. The summed E-state index contributed by atoms with van der Waals surface area (Å²) in [4.78, 5) is 8.42. The quantitative estimate of drug-likeness (QED) is 0.857. The number of ether oxygens (including phenoxy) is 1. The first-order valence-electron chi connectivity index (χ1n) is 8.52. The molecule has 1 aliphatic heterocycles. The van der Waals surface area contributed by atoms with Crippen molar-refractivity contribution in [3.05, 3.63) is 35.7 Å². The maximum atomic E-state index is 11.2. The fourth-order valence-corrected chi connectivity index (χ4v) is 3.44. The number of likely N-dealkylation sites (tertiary alicyclic amines) is 1. The molecule has 0 spiro atoms. The minimum Gasteiger partial charge on any atom is -0.497 e. The largest absolute Gasteiger partial charge is 0.497 e. The zero-order valence-corrected chi connectivity index (χ0v) is 15.3. The summed E-state index contributed by atoms with van der Waals surface area (Å²) in [6.45, 7) is 3.31. The normalized spacial score (nSPS) is 20.4. The molecule has 1 fully saturated rings. The van der Waals surface area contributed by atoms with E-state index in [1.54, 1.807) is 7.11 Å². The van der Waals surface area contributed by atoms with Gasteiger partial charge in [-0.1, -0.05) is 12.1 Å². The molecule has 7 nitrogen and oxygen atoms in total. The van der Waals surface area contributed by atoms with E-state index in [1.807, 2.05) is 50.2 Å². The van der Waals surface area contributed by atoms with Crippen molar-refractivity contribution in [3.63, 3.8) is 0 Å². The number of aromatic nitrogens is 2. The van der Waals surface area contributed by atoms with Gasteiger partial charge in [-0.3, -0.25) is 4.90 Å². The molecular weight excluding hydrogens is 320 g/mol. The van der Waals surface area contributed by atoms with E-state index >= 15 is 0 Å². The van der Waals surface area contributed by atoms with Gasteiger partial charge in [0.15, 0.2) is 0 Å². The highest BCUT2D eigenvalue weighted by Gasteiger charge is 2.41. The van der Waals surface area contributed by atoms with Crippen molar-refractivity contribution in [3.8, 4) is 5.75 Å². The number of hydrogen-bond donors (Lipinski definition) is 1. The number of rotatable bonds is 6. The highest BCUT2D eigenvalue weighted by atomic mass is 16.5. The third kappa shape index (κ3) is 3.62. The standard InChI is InChI=1S/C18H26N4O3/c1-18(23,13-7-9-14(24-4)10-8-13)15-6-5-11-22(15)12-16-19-17(20-25-16)21(2)3/h7-10,15,23H,5-6,11-12H2,1-4H3. The molecule has 25 heavy (non-hydrogen) atoms. The molecule has 0 radical (unpaired) electrons. The first kappa shape index (κ1) is 17.7. The van der Waals surface area contributed by atoms with Crippen molar-refractivity contribution in [2.75, 3.05) is 32.6 Å². The minimum absolute atomic E-state index is 0.00407. The average Bonchev–Trinajstić information content (AvgIpc) is 3.25. The van der Waals surface area contributed by atoms with Crippen LogP contribution in [-0.2, 0) is 12.1 Å². The van der Waals surface area contributed by atoms with Gasteiger partial charge in [0, 0.05) is 20.1 Å². The van der Waals surface area contributed by atoms with E-state index in [0.717, 1.165) is 30.7 Å². The smallest absolute Gasteiger partial charge is 0.265 e. The molecule has 0 bridgehead atoms. The van der Waals surface area contributed by atoms with Crippen LogP contribution < -0.4 is 9.64 Å². The Kier molecular flexibility index (Phi) is 4.96. The van der Waals surface area contributed by atoms with E-state index in [-0.39, 0.29) is 6.04 Å². The fourth-order valence-electron chi connectivity index (χ4n) is 3.44. The number of nitrogens with zero attached hydrogens (tertiary/aromatic N) is 4. The van der Waals surface area contributed by atoms with Crippen LogP contribution in [0.3, 0.4) is 0 Å². The zero-order chi connectivity index (χ0) is 18.0. The summed E-state index contributed by atoms with van der Waals surface area (Å²) in [7, 11) is 5.39. The Morgan fingerprint density at radius 2 is 2.08 bits per heavy atom. The zero-order valence-electron chi connectivity index (χ0n) is 15.3.